The summed E-state index contributed by atoms with van der Waals surface area (Å²) < 4.78 is 5.61. The Hall–Kier alpha value is -2.60. The van der Waals surface area contributed by atoms with Gasteiger partial charge in [-0.1, -0.05) is 13.3 Å². The van der Waals surface area contributed by atoms with Crippen LogP contribution in [0.5, 0.6) is 5.75 Å². The van der Waals surface area contributed by atoms with E-state index in [0.29, 0.717) is 5.56 Å². The van der Waals surface area contributed by atoms with Crippen LogP contribution < -0.4 is 4.74 Å². The zero-order valence-corrected chi connectivity index (χ0v) is 12.1. The molecule has 106 valence electrons. The normalized spacial score (nSPS) is 10.5. The first-order valence-electron chi connectivity index (χ1n) is 7.09. The molecule has 0 saturated carbocycles. The molecule has 0 bridgehead atoms. The second-order valence-electron chi connectivity index (χ2n) is 4.69. The van der Waals surface area contributed by atoms with E-state index in [2.05, 4.69) is 18.0 Å². The largest absolute Gasteiger partial charge is 0.494 e. The summed E-state index contributed by atoms with van der Waals surface area (Å²) in [4.78, 5) is 4.38. The number of rotatable bonds is 6. The lowest BCUT2D eigenvalue weighted by molar-refractivity contribution is 0.309. The predicted molar refractivity (Wildman–Crippen MR) is 85.3 cm³/mol. The summed E-state index contributed by atoms with van der Waals surface area (Å²) in [6.45, 7) is 2.90. The van der Waals surface area contributed by atoms with Crippen molar-refractivity contribution in [2.24, 2.45) is 4.99 Å². The van der Waals surface area contributed by atoms with Crippen LogP contribution in [-0.2, 0) is 0 Å². The summed E-state index contributed by atoms with van der Waals surface area (Å²) in [6.07, 6.45) is 4.01. The molecule has 3 heteroatoms. The van der Waals surface area contributed by atoms with Crippen molar-refractivity contribution in [2.75, 3.05) is 6.61 Å². The Morgan fingerprint density at radius 2 is 1.81 bits per heavy atom. The molecule has 0 aromatic heterocycles. The van der Waals surface area contributed by atoms with Gasteiger partial charge in [-0.2, -0.15) is 5.26 Å². The van der Waals surface area contributed by atoms with E-state index in [0.717, 1.165) is 36.4 Å². The molecule has 2 rings (SSSR count). The van der Waals surface area contributed by atoms with E-state index in [9.17, 15) is 0 Å². The lowest BCUT2D eigenvalue weighted by atomic mass is 10.2. The third kappa shape index (κ3) is 4.77. The van der Waals surface area contributed by atoms with E-state index in [-0.39, 0.29) is 0 Å². The first-order chi connectivity index (χ1) is 10.3. The molecule has 0 N–H and O–H groups in total. The molecule has 0 aliphatic heterocycles. The van der Waals surface area contributed by atoms with Crippen molar-refractivity contribution < 1.29 is 4.74 Å². The zero-order chi connectivity index (χ0) is 14.9. The number of nitrogens with zero attached hydrogens (tertiary/aromatic N) is 2. The molecule has 21 heavy (non-hydrogen) atoms. The van der Waals surface area contributed by atoms with Crippen LogP contribution >= 0.6 is 0 Å². The van der Waals surface area contributed by atoms with Crippen molar-refractivity contribution in [3.8, 4) is 11.8 Å². The van der Waals surface area contributed by atoms with E-state index in [1.807, 2.05) is 36.4 Å². The lowest BCUT2D eigenvalue weighted by Crippen LogP contribution is -1.96. The van der Waals surface area contributed by atoms with Crippen LogP contribution in [0.3, 0.4) is 0 Å². The summed E-state index contributed by atoms with van der Waals surface area (Å²) in [5.41, 5.74) is 2.49. The number of ether oxygens (including phenoxy) is 1. The number of hydrogen-bond donors (Lipinski definition) is 0. The molecule has 0 unspecified atom stereocenters. The van der Waals surface area contributed by atoms with E-state index >= 15 is 0 Å². The highest BCUT2D eigenvalue weighted by atomic mass is 16.5. The van der Waals surface area contributed by atoms with Gasteiger partial charge >= 0.3 is 0 Å². The van der Waals surface area contributed by atoms with Crippen molar-refractivity contribution in [2.45, 2.75) is 19.8 Å². The minimum atomic E-state index is 0.641. The molecule has 2 aromatic rings. The molecule has 3 nitrogen and oxygen atoms in total. The molecule has 0 atom stereocenters. The molecule has 2 aromatic carbocycles. The highest BCUT2D eigenvalue weighted by Gasteiger charge is 1.94. The van der Waals surface area contributed by atoms with Gasteiger partial charge in [-0.25, -0.2) is 0 Å². The number of unbranched alkanes of at least 4 members (excludes halogenated alkanes) is 1. The summed E-state index contributed by atoms with van der Waals surface area (Å²) in [6, 6.07) is 17.1. The molecule has 0 fully saturated rings. The average molecular weight is 278 g/mol. The van der Waals surface area contributed by atoms with Crippen molar-refractivity contribution in [1.29, 1.82) is 5.26 Å². The van der Waals surface area contributed by atoms with Gasteiger partial charge in [-0.3, -0.25) is 4.99 Å². The summed E-state index contributed by atoms with van der Waals surface area (Å²) >= 11 is 0. The van der Waals surface area contributed by atoms with Gasteiger partial charge in [0.15, 0.2) is 0 Å². The Labute approximate surface area is 125 Å². The molecular formula is C18H18N2O. The Bertz CT molecular complexity index is 622. The van der Waals surface area contributed by atoms with Gasteiger partial charge in [0.05, 0.1) is 23.9 Å². The maximum atomic E-state index is 8.74. The Kier molecular flexibility index (Phi) is 5.54. The predicted octanol–water partition coefficient (Wildman–Crippen LogP) is 4.49. The van der Waals surface area contributed by atoms with Crippen LogP contribution in [0.15, 0.2) is 53.5 Å². The highest BCUT2D eigenvalue weighted by molar-refractivity contribution is 5.82. The molecule has 0 radical (unpaired) electrons. The Morgan fingerprint density at radius 1 is 1.10 bits per heavy atom. The van der Waals surface area contributed by atoms with Gasteiger partial charge in [-0.05, 0) is 60.5 Å². The van der Waals surface area contributed by atoms with Crippen LogP contribution in [0.1, 0.15) is 30.9 Å². The van der Waals surface area contributed by atoms with Crippen molar-refractivity contribution in [1.82, 2.24) is 0 Å². The molecule has 0 aliphatic carbocycles. The number of nitriles is 1. The summed E-state index contributed by atoms with van der Waals surface area (Å²) in [7, 11) is 0. The SMILES string of the molecule is CCCCOc1ccc(/C=N/c2ccc(C#N)cc2)cc1. The molecule has 0 heterocycles. The molecular weight excluding hydrogens is 260 g/mol. The standard InChI is InChI=1S/C18H18N2O/c1-2-3-12-21-18-10-6-16(7-11-18)14-20-17-8-4-15(13-19)5-9-17/h4-11,14H,2-3,12H2,1H3/b20-14+. The van der Waals surface area contributed by atoms with Gasteiger partial charge < -0.3 is 4.74 Å². The summed E-state index contributed by atoms with van der Waals surface area (Å²) in [5, 5.41) is 8.74. The van der Waals surface area contributed by atoms with E-state index in [1.165, 1.54) is 0 Å². The van der Waals surface area contributed by atoms with E-state index in [1.54, 1.807) is 18.3 Å². The van der Waals surface area contributed by atoms with Crippen molar-refractivity contribution >= 4 is 11.9 Å². The van der Waals surface area contributed by atoms with Crippen molar-refractivity contribution in [3.63, 3.8) is 0 Å². The third-order valence-corrected chi connectivity index (χ3v) is 3.01. The fourth-order valence-corrected chi connectivity index (χ4v) is 1.76. The van der Waals surface area contributed by atoms with Gasteiger partial charge in [0, 0.05) is 6.21 Å². The number of benzene rings is 2. The quantitative estimate of drug-likeness (QED) is 0.577. The molecule has 0 aliphatic rings. The Balaban J connectivity index is 1.95. The monoisotopic (exact) mass is 278 g/mol. The minimum Gasteiger partial charge on any atom is -0.494 e. The van der Waals surface area contributed by atoms with E-state index < -0.39 is 0 Å². The van der Waals surface area contributed by atoms with Gasteiger partial charge in [0.1, 0.15) is 5.75 Å². The Morgan fingerprint density at radius 3 is 2.43 bits per heavy atom. The fourth-order valence-electron chi connectivity index (χ4n) is 1.76. The summed E-state index contributed by atoms with van der Waals surface area (Å²) in [5.74, 6) is 0.888. The molecule has 0 amide bonds. The molecule has 0 saturated heterocycles. The van der Waals surface area contributed by atoms with Crippen LogP contribution in [0.25, 0.3) is 0 Å². The van der Waals surface area contributed by atoms with Crippen LogP contribution in [0, 0.1) is 11.3 Å². The van der Waals surface area contributed by atoms with Crippen LogP contribution in [0.2, 0.25) is 0 Å². The lowest BCUT2D eigenvalue weighted by Gasteiger charge is -2.04. The van der Waals surface area contributed by atoms with E-state index in [4.69, 9.17) is 10.00 Å². The molecule has 0 spiro atoms. The maximum absolute atomic E-state index is 8.74. The number of hydrogen-bond acceptors (Lipinski definition) is 3. The zero-order valence-electron chi connectivity index (χ0n) is 12.1. The van der Waals surface area contributed by atoms with Crippen LogP contribution in [-0.4, -0.2) is 12.8 Å². The van der Waals surface area contributed by atoms with Crippen LogP contribution in [0.4, 0.5) is 5.69 Å². The first kappa shape index (κ1) is 14.8. The fraction of sp³-hybridized carbons (Fsp3) is 0.222. The van der Waals surface area contributed by atoms with Gasteiger partial charge in [0.2, 0.25) is 0 Å². The van der Waals surface area contributed by atoms with Crippen molar-refractivity contribution in [3.05, 3.63) is 59.7 Å². The first-order valence-corrected chi connectivity index (χ1v) is 7.09. The second-order valence-corrected chi connectivity index (χ2v) is 4.69. The highest BCUT2D eigenvalue weighted by Crippen LogP contribution is 2.14. The minimum absolute atomic E-state index is 0.641. The third-order valence-electron chi connectivity index (χ3n) is 3.01. The number of aliphatic imine (C=N–C) groups is 1. The maximum Gasteiger partial charge on any atom is 0.119 e. The van der Waals surface area contributed by atoms with Gasteiger partial charge in [-0.15, -0.1) is 0 Å². The topological polar surface area (TPSA) is 45.4 Å². The van der Waals surface area contributed by atoms with Gasteiger partial charge in [0.25, 0.3) is 0 Å². The second kappa shape index (κ2) is 7.86. The smallest absolute Gasteiger partial charge is 0.119 e. The average Bonchev–Trinajstić information content (AvgIpc) is 2.55.